The predicted octanol–water partition coefficient (Wildman–Crippen LogP) is 1.38. The summed E-state index contributed by atoms with van der Waals surface area (Å²) >= 11 is 0. The molecule has 7 heteroatoms. The Morgan fingerprint density at radius 2 is 1.96 bits per heavy atom. The largest absolute Gasteiger partial charge is 0.371 e. The Kier molecular flexibility index (Phi) is 4.31. The van der Waals surface area contributed by atoms with Crippen molar-refractivity contribution in [2.24, 2.45) is 0 Å². The molecule has 2 aliphatic rings. The van der Waals surface area contributed by atoms with E-state index in [0.29, 0.717) is 25.4 Å². The van der Waals surface area contributed by atoms with Gasteiger partial charge >= 0.3 is 0 Å². The maximum absolute atomic E-state index is 12.7. The lowest BCUT2D eigenvalue weighted by Gasteiger charge is -2.47. The van der Waals surface area contributed by atoms with Gasteiger partial charge in [0.05, 0.1) is 24.9 Å². The third kappa shape index (κ3) is 3.32. The van der Waals surface area contributed by atoms with Crippen molar-refractivity contribution in [2.45, 2.75) is 18.4 Å². The molecular formula is C18H21N5O2. The van der Waals surface area contributed by atoms with E-state index in [9.17, 15) is 4.79 Å². The second-order valence-corrected chi connectivity index (χ2v) is 6.52. The number of pyridine rings is 1. The van der Waals surface area contributed by atoms with E-state index in [4.69, 9.17) is 4.74 Å². The smallest absolute Gasteiger partial charge is 0.274 e. The summed E-state index contributed by atoms with van der Waals surface area (Å²) in [5, 5.41) is 0. The average molecular weight is 339 g/mol. The van der Waals surface area contributed by atoms with Gasteiger partial charge in [0.1, 0.15) is 11.5 Å². The standard InChI is InChI=1S/C18H21N5O2/c24-17(15-13-19-7-8-20-15)23-11-12-25-18(14-23)4-9-22(10-5-18)16-3-1-2-6-21-16/h1-3,6-8,13H,4-5,9-12,14H2. The fourth-order valence-electron chi connectivity index (χ4n) is 3.58. The van der Waals surface area contributed by atoms with Crippen LogP contribution in [0.15, 0.2) is 43.0 Å². The first-order valence-corrected chi connectivity index (χ1v) is 8.61. The highest BCUT2D eigenvalue weighted by Gasteiger charge is 2.41. The second-order valence-electron chi connectivity index (χ2n) is 6.52. The second kappa shape index (κ2) is 6.76. The van der Waals surface area contributed by atoms with Crippen LogP contribution in [0.25, 0.3) is 0 Å². The molecule has 1 spiro atoms. The van der Waals surface area contributed by atoms with E-state index >= 15 is 0 Å². The van der Waals surface area contributed by atoms with Gasteiger partial charge in [-0.15, -0.1) is 0 Å². The maximum Gasteiger partial charge on any atom is 0.274 e. The molecule has 25 heavy (non-hydrogen) atoms. The first-order valence-electron chi connectivity index (χ1n) is 8.61. The van der Waals surface area contributed by atoms with E-state index in [0.717, 1.165) is 31.7 Å². The van der Waals surface area contributed by atoms with Gasteiger partial charge in [0.25, 0.3) is 5.91 Å². The van der Waals surface area contributed by atoms with Gasteiger partial charge in [-0.25, -0.2) is 9.97 Å². The molecule has 0 N–H and O–H groups in total. The average Bonchev–Trinajstić information content (AvgIpc) is 2.69. The molecule has 2 saturated heterocycles. The Labute approximate surface area is 146 Å². The molecule has 4 rings (SSSR count). The molecule has 0 atom stereocenters. The van der Waals surface area contributed by atoms with Crippen LogP contribution in [0.4, 0.5) is 5.82 Å². The molecule has 0 aliphatic carbocycles. The molecule has 4 heterocycles. The lowest BCUT2D eigenvalue weighted by atomic mass is 9.89. The number of nitrogens with zero attached hydrogens (tertiary/aromatic N) is 5. The Bertz CT molecular complexity index is 717. The van der Waals surface area contributed by atoms with Gasteiger partial charge in [-0.1, -0.05) is 6.07 Å². The van der Waals surface area contributed by atoms with E-state index in [1.165, 1.54) is 6.20 Å². The highest BCUT2D eigenvalue weighted by Crippen LogP contribution is 2.32. The molecule has 0 bridgehead atoms. The zero-order valence-corrected chi connectivity index (χ0v) is 14.0. The molecule has 7 nitrogen and oxygen atoms in total. The van der Waals surface area contributed by atoms with Crippen molar-refractivity contribution in [3.8, 4) is 0 Å². The third-order valence-corrected chi connectivity index (χ3v) is 4.97. The summed E-state index contributed by atoms with van der Waals surface area (Å²) in [6.07, 6.45) is 8.23. The summed E-state index contributed by atoms with van der Waals surface area (Å²) in [5.41, 5.74) is 0.131. The number of morpholine rings is 1. The Morgan fingerprint density at radius 1 is 1.08 bits per heavy atom. The van der Waals surface area contributed by atoms with Crippen molar-refractivity contribution >= 4 is 11.7 Å². The number of piperidine rings is 1. The summed E-state index contributed by atoms with van der Waals surface area (Å²) < 4.78 is 6.13. The normalized spacial score (nSPS) is 19.8. The van der Waals surface area contributed by atoms with Gasteiger partial charge in [0.15, 0.2) is 0 Å². The van der Waals surface area contributed by atoms with Gasteiger partial charge in [0, 0.05) is 38.2 Å². The third-order valence-electron chi connectivity index (χ3n) is 4.97. The summed E-state index contributed by atoms with van der Waals surface area (Å²) in [5.74, 6) is 0.934. The molecule has 2 aliphatic heterocycles. The van der Waals surface area contributed by atoms with Crippen LogP contribution in [-0.4, -0.2) is 64.1 Å². The maximum atomic E-state index is 12.7. The highest BCUT2D eigenvalue weighted by atomic mass is 16.5. The molecule has 2 aromatic heterocycles. The zero-order valence-electron chi connectivity index (χ0n) is 14.0. The molecule has 0 aromatic carbocycles. The molecular weight excluding hydrogens is 318 g/mol. The number of carbonyl (C=O) groups is 1. The summed E-state index contributed by atoms with van der Waals surface area (Å²) in [7, 11) is 0. The fourth-order valence-corrected chi connectivity index (χ4v) is 3.58. The van der Waals surface area contributed by atoms with Crippen molar-refractivity contribution in [3.63, 3.8) is 0 Å². The van der Waals surface area contributed by atoms with Crippen molar-refractivity contribution in [1.29, 1.82) is 0 Å². The molecule has 2 aromatic rings. The van der Waals surface area contributed by atoms with Crippen LogP contribution in [0.3, 0.4) is 0 Å². The number of hydrogen-bond acceptors (Lipinski definition) is 6. The van der Waals surface area contributed by atoms with Crippen LogP contribution in [0.2, 0.25) is 0 Å². The van der Waals surface area contributed by atoms with Crippen LogP contribution in [0.5, 0.6) is 0 Å². The molecule has 0 saturated carbocycles. The van der Waals surface area contributed by atoms with Crippen LogP contribution >= 0.6 is 0 Å². The minimum absolute atomic E-state index is 0.0667. The van der Waals surface area contributed by atoms with Gasteiger partial charge in [-0.3, -0.25) is 9.78 Å². The number of carbonyl (C=O) groups excluding carboxylic acids is 1. The number of amides is 1. The quantitative estimate of drug-likeness (QED) is 0.823. The molecule has 2 fully saturated rings. The fraction of sp³-hybridized carbons (Fsp3) is 0.444. The minimum atomic E-state index is -0.263. The van der Waals surface area contributed by atoms with Crippen LogP contribution < -0.4 is 4.90 Å². The molecule has 0 radical (unpaired) electrons. The van der Waals surface area contributed by atoms with Gasteiger partial charge < -0.3 is 14.5 Å². The molecule has 1 amide bonds. The first-order chi connectivity index (χ1) is 12.3. The number of anilines is 1. The summed E-state index contributed by atoms with van der Waals surface area (Å²) in [4.78, 5) is 29.3. The monoisotopic (exact) mass is 339 g/mol. The number of ether oxygens (including phenoxy) is 1. The van der Waals surface area contributed by atoms with E-state index < -0.39 is 0 Å². The molecule has 0 unspecified atom stereocenters. The highest BCUT2D eigenvalue weighted by molar-refractivity contribution is 5.92. The van der Waals surface area contributed by atoms with Crippen LogP contribution in [0, 0.1) is 0 Å². The Hall–Kier alpha value is -2.54. The Balaban J connectivity index is 1.42. The van der Waals surface area contributed by atoms with E-state index in [2.05, 4.69) is 19.9 Å². The lowest BCUT2D eigenvalue weighted by Crippen LogP contribution is -2.58. The first kappa shape index (κ1) is 16.0. The van der Waals surface area contributed by atoms with Crippen LogP contribution in [0.1, 0.15) is 23.3 Å². The molecule has 130 valence electrons. The number of rotatable bonds is 2. The Morgan fingerprint density at radius 3 is 2.68 bits per heavy atom. The van der Waals surface area contributed by atoms with Crippen molar-refractivity contribution < 1.29 is 9.53 Å². The van der Waals surface area contributed by atoms with Crippen molar-refractivity contribution in [1.82, 2.24) is 19.9 Å². The SMILES string of the molecule is O=C(c1cnccn1)N1CCOC2(CCN(c3ccccn3)CC2)C1. The van der Waals surface area contributed by atoms with Crippen LogP contribution in [-0.2, 0) is 4.74 Å². The lowest BCUT2D eigenvalue weighted by molar-refractivity contribution is -0.111. The number of hydrogen-bond donors (Lipinski definition) is 0. The predicted molar refractivity (Wildman–Crippen MR) is 92.3 cm³/mol. The van der Waals surface area contributed by atoms with Crippen molar-refractivity contribution in [3.05, 3.63) is 48.7 Å². The minimum Gasteiger partial charge on any atom is -0.371 e. The van der Waals surface area contributed by atoms with Crippen molar-refractivity contribution in [2.75, 3.05) is 37.7 Å². The van der Waals surface area contributed by atoms with Gasteiger partial charge in [0.2, 0.25) is 0 Å². The van der Waals surface area contributed by atoms with E-state index in [1.807, 2.05) is 29.3 Å². The zero-order chi connectivity index (χ0) is 17.1. The summed E-state index contributed by atoms with van der Waals surface area (Å²) in [6, 6.07) is 5.96. The topological polar surface area (TPSA) is 71.5 Å². The van der Waals surface area contributed by atoms with Gasteiger partial charge in [-0.05, 0) is 25.0 Å². The van der Waals surface area contributed by atoms with Gasteiger partial charge in [-0.2, -0.15) is 0 Å². The summed E-state index contributed by atoms with van der Waals surface area (Å²) in [6.45, 7) is 3.53. The van der Waals surface area contributed by atoms with E-state index in [1.54, 1.807) is 12.4 Å². The number of aromatic nitrogens is 3. The van der Waals surface area contributed by atoms with E-state index in [-0.39, 0.29) is 11.5 Å².